The Balaban J connectivity index is 2.73. The molecule has 1 fully saturated rings. The lowest BCUT2D eigenvalue weighted by Crippen LogP contribution is -2.39. The van der Waals surface area contributed by atoms with Crippen LogP contribution in [0.15, 0.2) is 0 Å². The zero-order valence-corrected chi connectivity index (χ0v) is 7.60. The van der Waals surface area contributed by atoms with E-state index in [2.05, 4.69) is 0 Å². The van der Waals surface area contributed by atoms with E-state index >= 15 is 0 Å². The summed E-state index contributed by atoms with van der Waals surface area (Å²) in [4.78, 5) is 10.3. The third-order valence-electron chi connectivity index (χ3n) is 2.22. The average Bonchev–Trinajstić information content (AvgIpc) is 2.02. The zero-order chi connectivity index (χ0) is 10.9. The van der Waals surface area contributed by atoms with Gasteiger partial charge >= 0.3 is 11.9 Å². The van der Waals surface area contributed by atoms with Crippen LogP contribution < -0.4 is 0 Å². The van der Waals surface area contributed by atoms with Crippen LogP contribution in [0.5, 0.6) is 0 Å². The Bertz CT molecular complexity index is 237. The molecule has 0 spiro atoms. The molecule has 0 radical (unpaired) electrons. The Morgan fingerprint density at radius 3 is 2.62 bits per heavy atom. The van der Waals surface area contributed by atoms with E-state index in [9.17, 15) is 13.6 Å². The van der Waals surface area contributed by atoms with Gasteiger partial charge in [-0.2, -0.15) is 8.78 Å². The van der Waals surface area contributed by atoms with Gasteiger partial charge < -0.3 is 5.11 Å². The third kappa shape index (κ3) is 2.30. The van der Waals surface area contributed by atoms with Gasteiger partial charge in [0.15, 0.2) is 0 Å². The number of carbonyl (C=O) groups is 1. The van der Waals surface area contributed by atoms with E-state index in [1.807, 2.05) is 0 Å². The van der Waals surface area contributed by atoms with Crippen molar-refractivity contribution >= 4 is 17.6 Å². The van der Waals surface area contributed by atoms with Crippen molar-refractivity contribution in [3.8, 4) is 0 Å². The molecule has 1 aliphatic carbocycles. The Morgan fingerprint density at radius 1 is 1.54 bits per heavy atom. The summed E-state index contributed by atoms with van der Waals surface area (Å²) in [7, 11) is 0. The first-order valence-electron chi connectivity index (χ1n) is 4.61. The van der Waals surface area contributed by atoms with Gasteiger partial charge in [-0.1, -0.05) is 0 Å². The van der Waals surface area contributed by atoms with Crippen molar-refractivity contribution in [2.75, 3.05) is 0 Å². The predicted octanol–water partition coefficient (Wildman–Crippen LogP) is 2.50. The van der Waals surface area contributed by atoms with Crippen molar-refractivity contribution in [2.45, 2.75) is 37.0 Å². The molecule has 1 N–H and O–H groups in total. The van der Waals surface area contributed by atoms with Crippen LogP contribution in [-0.4, -0.2) is 22.4 Å². The maximum Gasteiger partial charge on any atom is 0.374 e. The standard InChI is InChI=1S/C8H11ClF2O2/c9-6-3-1-5(2-4-6)8(10,11)7(12)13/h5-6H,1-4H2,(H,12,13)/i1D. The Labute approximate surface area is 81.3 Å². The maximum atomic E-state index is 13.0. The number of carboxylic acid groups (broad SMARTS) is 1. The van der Waals surface area contributed by atoms with Crippen molar-refractivity contribution in [3.05, 3.63) is 0 Å². The Kier molecular flexibility index (Phi) is 2.67. The van der Waals surface area contributed by atoms with Crippen LogP contribution in [0.3, 0.4) is 0 Å². The van der Waals surface area contributed by atoms with Crippen LogP contribution in [0.25, 0.3) is 0 Å². The smallest absolute Gasteiger partial charge is 0.374 e. The highest BCUT2D eigenvalue weighted by Gasteiger charge is 2.48. The first-order valence-corrected chi connectivity index (χ1v) is 4.47. The highest BCUT2D eigenvalue weighted by atomic mass is 35.5. The monoisotopic (exact) mass is 213 g/mol. The molecule has 1 rings (SSSR count). The van der Waals surface area contributed by atoms with Gasteiger partial charge in [0.25, 0.3) is 0 Å². The van der Waals surface area contributed by atoms with Gasteiger partial charge in [-0.05, 0) is 25.7 Å². The zero-order valence-electron chi connectivity index (χ0n) is 7.84. The summed E-state index contributed by atoms with van der Waals surface area (Å²) in [5.74, 6) is -7.36. The summed E-state index contributed by atoms with van der Waals surface area (Å²) >= 11 is 5.69. The fraction of sp³-hybridized carbons (Fsp3) is 0.875. The van der Waals surface area contributed by atoms with Gasteiger partial charge in [-0.25, -0.2) is 4.79 Å². The summed E-state index contributed by atoms with van der Waals surface area (Å²) in [5, 5.41) is 8.03. The van der Waals surface area contributed by atoms with E-state index in [1.54, 1.807) is 0 Å². The van der Waals surface area contributed by atoms with Gasteiger partial charge in [0.2, 0.25) is 0 Å². The third-order valence-corrected chi connectivity index (χ3v) is 2.61. The first kappa shape index (κ1) is 9.19. The summed E-state index contributed by atoms with van der Waals surface area (Å²) < 4.78 is 33.5. The van der Waals surface area contributed by atoms with Gasteiger partial charge in [0.05, 0.1) is 0 Å². The molecule has 0 aromatic heterocycles. The number of aliphatic carboxylic acids is 1. The fourth-order valence-corrected chi connectivity index (χ4v) is 1.62. The second kappa shape index (κ2) is 3.78. The number of alkyl halides is 3. The minimum absolute atomic E-state index is 0.00162. The van der Waals surface area contributed by atoms with E-state index in [0.29, 0.717) is 6.42 Å². The molecule has 0 aromatic rings. The van der Waals surface area contributed by atoms with Crippen molar-refractivity contribution in [3.63, 3.8) is 0 Å². The van der Waals surface area contributed by atoms with Crippen molar-refractivity contribution in [2.24, 2.45) is 5.92 Å². The molecule has 13 heavy (non-hydrogen) atoms. The molecule has 0 heterocycles. The Morgan fingerprint density at radius 2 is 2.15 bits per heavy atom. The number of hydrogen-bond acceptors (Lipinski definition) is 1. The summed E-state index contributed by atoms with van der Waals surface area (Å²) in [6.07, 6.45) is -0.598. The largest absolute Gasteiger partial charge is 0.477 e. The van der Waals surface area contributed by atoms with Crippen molar-refractivity contribution < 1.29 is 20.1 Å². The van der Waals surface area contributed by atoms with Crippen LogP contribution in [0, 0.1) is 5.92 Å². The molecule has 0 bridgehead atoms. The average molecular weight is 214 g/mol. The topological polar surface area (TPSA) is 37.3 Å². The first-order chi connectivity index (χ1) is 6.35. The van der Waals surface area contributed by atoms with Gasteiger partial charge in [0, 0.05) is 12.7 Å². The minimum atomic E-state index is -3.80. The molecule has 0 saturated heterocycles. The molecule has 76 valence electrons. The number of rotatable bonds is 2. The van der Waals surface area contributed by atoms with Crippen molar-refractivity contribution in [1.29, 1.82) is 0 Å². The van der Waals surface area contributed by atoms with Crippen molar-refractivity contribution in [1.82, 2.24) is 0 Å². The maximum absolute atomic E-state index is 13.0. The molecular formula is C8H11ClF2O2. The molecule has 3 unspecified atom stereocenters. The summed E-state index contributed by atoms with van der Waals surface area (Å²) in [6.45, 7) is 0. The van der Waals surface area contributed by atoms with E-state index < -0.39 is 24.2 Å². The molecule has 0 aromatic carbocycles. The van der Waals surface area contributed by atoms with Gasteiger partial charge in [0.1, 0.15) is 0 Å². The number of halogens is 3. The van der Waals surface area contributed by atoms with Crippen LogP contribution in [0.2, 0.25) is 0 Å². The van der Waals surface area contributed by atoms with Gasteiger partial charge in [-0.15, -0.1) is 11.6 Å². The predicted molar refractivity (Wildman–Crippen MR) is 44.2 cm³/mol. The number of hydrogen-bond donors (Lipinski definition) is 1. The molecule has 0 aliphatic heterocycles. The Hall–Kier alpha value is -0.380. The van der Waals surface area contributed by atoms with E-state index in [0.717, 1.165) is 0 Å². The van der Waals surface area contributed by atoms with E-state index in [-0.39, 0.29) is 18.2 Å². The second-order valence-electron chi connectivity index (χ2n) is 3.18. The number of carboxylic acids is 1. The minimum Gasteiger partial charge on any atom is -0.477 e. The SMILES string of the molecule is [2H]C1CC(Cl)CCC1C(F)(F)C(=O)O. The fourth-order valence-electron chi connectivity index (χ4n) is 1.40. The van der Waals surface area contributed by atoms with E-state index in [1.165, 1.54) is 0 Å². The summed E-state index contributed by atoms with van der Waals surface area (Å²) in [6, 6.07) is 0. The van der Waals surface area contributed by atoms with E-state index in [4.69, 9.17) is 18.1 Å². The molecule has 3 atom stereocenters. The lowest BCUT2D eigenvalue weighted by Gasteiger charge is -2.28. The molecule has 5 heteroatoms. The van der Waals surface area contributed by atoms with Crippen LogP contribution >= 0.6 is 11.6 Å². The van der Waals surface area contributed by atoms with Gasteiger partial charge in [-0.3, -0.25) is 0 Å². The lowest BCUT2D eigenvalue weighted by molar-refractivity contribution is -0.175. The van der Waals surface area contributed by atoms with Crippen LogP contribution in [-0.2, 0) is 4.79 Å². The molecular weight excluding hydrogens is 202 g/mol. The van der Waals surface area contributed by atoms with Crippen LogP contribution in [0.1, 0.15) is 27.0 Å². The summed E-state index contributed by atoms with van der Waals surface area (Å²) in [5.41, 5.74) is 0. The lowest BCUT2D eigenvalue weighted by atomic mass is 9.84. The quantitative estimate of drug-likeness (QED) is 0.716. The molecule has 1 saturated carbocycles. The molecule has 1 aliphatic rings. The molecule has 0 amide bonds. The van der Waals surface area contributed by atoms with Crippen LogP contribution in [0.4, 0.5) is 8.78 Å². The highest BCUT2D eigenvalue weighted by Crippen LogP contribution is 2.38. The normalized spacial score (nSPS) is 36.8. The highest BCUT2D eigenvalue weighted by molar-refractivity contribution is 6.20. The second-order valence-corrected chi connectivity index (χ2v) is 3.80. The molecule has 2 nitrogen and oxygen atoms in total.